The minimum Gasteiger partial charge on any atom is -0.355 e. The molecule has 35 heavy (non-hydrogen) atoms. The summed E-state index contributed by atoms with van der Waals surface area (Å²) < 4.78 is 24.9. The second-order valence-electron chi connectivity index (χ2n) is 9.42. The molecule has 6 heteroatoms. The molecule has 1 aliphatic carbocycles. The molecule has 3 rings (SSSR count). The highest BCUT2D eigenvalue weighted by Crippen LogP contribution is 2.53. The third kappa shape index (κ3) is 6.44. The number of fused-ring (bicyclic) bond motifs is 3. The Hall–Kier alpha value is -1.94. The van der Waals surface area contributed by atoms with Gasteiger partial charge in [0.25, 0.3) is 0 Å². The lowest BCUT2D eigenvalue weighted by atomic mass is 9.73. The van der Waals surface area contributed by atoms with Crippen LogP contribution in [0.3, 0.4) is 0 Å². The van der Waals surface area contributed by atoms with Crippen molar-refractivity contribution in [2.24, 2.45) is 0 Å². The first kappa shape index (κ1) is 27.6. The van der Waals surface area contributed by atoms with Gasteiger partial charge < -0.3 is 14.4 Å². The Balaban J connectivity index is 1.80. The van der Waals surface area contributed by atoms with Crippen molar-refractivity contribution in [1.29, 1.82) is 0 Å². The summed E-state index contributed by atoms with van der Waals surface area (Å²) in [5.41, 5.74) is 3.66. The predicted molar refractivity (Wildman–Crippen MR) is 144 cm³/mol. The fraction of sp³-hybridized carbons (Fsp3) is 0.552. The summed E-state index contributed by atoms with van der Waals surface area (Å²) in [6.45, 7) is 7.82. The van der Waals surface area contributed by atoms with Gasteiger partial charge >= 0.3 is 7.60 Å². The maximum absolute atomic E-state index is 13.8. The van der Waals surface area contributed by atoms with Gasteiger partial charge in [0.15, 0.2) is 0 Å². The lowest BCUT2D eigenvalue weighted by Crippen LogP contribution is -2.44. The van der Waals surface area contributed by atoms with Gasteiger partial charge in [-0.1, -0.05) is 88.6 Å². The Kier molecular flexibility index (Phi) is 10.6. The molecule has 0 aliphatic heterocycles. The smallest absolute Gasteiger partial charge is 0.330 e. The molecule has 0 fully saturated rings. The average molecular weight is 500 g/mol. The lowest BCUT2D eigenvalue weighted by molar-refractivity contribution is -0.125. The van der Waals surface area contributed by atoms with Gasteiger partial charge in [0, 0.05) is 6.54 Å². The molecule has 192 valence electrons. The number of unbranched alkanes of at least 4 members (excludes halogenated alkanes) is 3. The van der Waals surface area contributed by atoms with Crippen molar-refractivity contribution in [3.8, 4) is 11.1 Å². The molecular weight excluding hydrogens is 457 g/mol. The molecule has 0 unspecified atom stereocenters. The average Bonchev–Trinajstić information content (AvgIpc) is 3.16. The monoisotopic (exact) mass is 499 g/mol. The molecule has 1 N–H and O–H groups in total. The van der Waals surface area contributed by atoms with Crippen LogP contribution in [0.5, 0.6) is 0 Å². The quantitative estimate of drug-likeness (QED) is 0.192. The van der Waals surface area contributed by atoms with Crippen LogP contribution in [0, 0.1) is 0 Å². The van der Waals surface area contributed by atoms with E-state index < -0.39 is 13.0 Å². The highest BCUT2D eigenvalue weighted by atomic mass is 31.2. The normalized spacial score (nSPS) is 13.9. The molecule has 0 saturated heterocycles. The number of benzene rings is 2. The number of rotatable bonds is 16. The number of carbonyl (C=O) groups is 1. The van der Waals surface area contributed by atoms with Crippen LogP contribution in [0.1, 0.15) is 83.3 Å². The van der Waals surface area contributed by atoms with Crippen molar-refractivity contribution in [2.45, 2.75) is 77.6 Å². The van der Waals surface area contributed by atoms with Gasteiger partial charge in [0.2, 0.25) is 5.91 Å². The van der Waals surface area contributed by atoms with E-state index in [1.807, 2.05) is 24.3 Å². The van der Waals surface area contributed by atoms with Crippen molar-refractivity contribution >= 4 is 13.5 Å². The standard InChI is InChI=1S/C29H42NO4P/c1-4-7-21-33-35(32,34-22-8-5-2)23-14-13-19-29(28(31)30-20-6-3)26-17-11-9-15-24(26)25-16-10-12-18-27(25)29/h9-12,15-18H,4-8,13-14,19-23H2,1-3H3,(H,30,31). The van der Waals surface area contributed by atoms with E-state index in [1.54, 1.807) is 0 Å². The minimum absolute atomic E-state index is 0.0540. The van der Waals surface area contributed by atoms with E-state index >= 15 is 0 Å². The number of amides is 1. The van der Waals surface area contributed by atoms with Gasteiger partial charge in [0.1, 0.15) is 5.41 Å². The summed E-state index contributed by atoms with van der Waals surface area (Å²) in [5, 5.41) is 3.18. The maximum Gasteiger partial charge on any atom is 0.330 e. The van der Waals surface area contributed by atoms with Gasteiger partial charge in [-0.25, -0.2) is 0 Å². The van der Waals surface area contributed by atoms with Crippen molar-refractivity contribution in [2.75, 3.05) is 25.9 Å². The zero-order valence-corrected chi connectivity index (χ0v) is 22.6. The highest BCUT2D eigenvalue weighted by molar-refractivity contribution is 7.53. The molecular formula is C29H42NO4P. The SMILES string of the molecule is CCCCOP(=O)(CCCCC1(C(=O)NCCC)c2ccccc2-c2ccccc21)OCCCC. The fourth-order valence-electron chi connectivity index (χ4n) is 4.90. The van der Waals surface area contributed by atoms with Crippen LogP contribution in [0.2, 0.25) is 0 Å². The Morgan fingerprint density at radius 2 is 1.34 bits per heavy atom. The van der Waals surface area contributed by atoms with E-state index in [0.717, 1.165) is 60.8 Å². The van der Waals surface area contributed by atoms with E-state index in [4.69, 9.17) is 9.05 Å². The molecule has 2 aromatic rings. The Labute approximate surface area is 211 Å². The van der Waals surface area contributed by atoms with Crippen molar-refractivity contribution in [3.63, 3.8) is 0 Å². The maximum atomic E-state index is 13.8. The number of carbonyl (C=O) groups excluding carboxylic acids is 1. The van der Waals surface area contributed by atoms with Crippen LogP contribution >= 0.6 is 7.60 Å². The number of hydrogen-bond donors (Lipinski definition) is 1. The molecule has 0 atom stereocenters. The van der Waals surface area contributed by atoms with Gasteiger partial charge in [-0.3, -0.25) is 9.36 Å². The molecule has 2 aromatic carbocycles. The van der Waals surface area contributed by atoms with Crippen molar-refractivity contribution in [3.05, 3.63) is 59.7 Å². The molecule has 0 bridgehead atoms. The zero-order chi connectivity index (χ0) is 25.2. The fourth-order valence-corrected chi connectivity index (χ4v) is 6.66. The Bertz CT molecular complexity index is 946. The Morgan fingerprint density at radius 1 is 0.800 bits per heavy atom. The number of hydrogen-bond acceptors (Lipinski definition) is 4. The molecule has 5 nitrogen and oxygen atoms in total. The van der Waals surface area contributed by atoms with E-state index in [9.17, 15) is 9.36 Å². The predicted octanol–water partition coefficient (Wildman–Crippen LogP) is 7.48. The van der Waals surface area contributed by atoms with E-state index in [2.05, 4.69) is 50.4 Å². The largest absolute Gasteiger partial charge is 0.355 e. The first-order valence-corrected chi connectivity index (χ1v) is 15.1. The second-order valence-corrected chi connectivity index (χ2v) is 11.6. The molecule has 0 saturated carbocycles. The van der Waals surface area contributed by atoms with E-state index in [0.29, 0.717) is 38.8 Å². The third-order valence-electron chi connectivity index (χ3n) is 6.79. The van der Waals surface area contributed by atoms with Crippen LogP contribution in [0.25, 0.3) is 11.1 Å². The van der Waals surface area contributed by atoms with E-state index in [1.165, 1.54) is 0 Å². The highest BCUT2D eigenvalue weighted by Gasteiger charge is 2.48. The van der Waals surface area contributed by atoms with Crippen LogP contribution in [0.15, 0.2) is 48.5 Å². The summed E-state index contributed by atoms with van der Waals surface area (Å²) in [7, 11) is -3.14. The zero-order valence-electron chi connectivity index (χ0n) is 21.7. The number of nitrogens with one attached hydrogen (secondary N) is 1. The summed E-state index contributed by atoms with van der Waals surface area (Å²) in [6.07, 6.45) is 7.08. The summed E-state index contributed by atoms with van der Waals surface area (Å²) in [5.74, 6) is 0.0540. The molecule has 0 heterocycles. The second kappa shape index (κ2) is 13.4. The molecule has 0 radical (unpaired) electrons. The van der Waals surface area contributed by atoms with Gasteiger partial charge in [-0.15, -0.1) is 0 Å². The van der Waals surface area contributed by atoms with Crippen LogP contribution in [-0.4, -0.2) is 31.8 Å². The first-order chi connectivity index (χ1) is 17.0. The van der Waals surface area contributed by atoms with Crippen LogP contribution < -0.4 is 5.32 Å². The van der Waals surface area contributed by atoms with Crippen LogP contribution in [-0.2, 0) is 23.8 Å². The molecule has 0 spiro atoms. The first-order valence-electron chi connectivity index (χ1n) is 13.4. The topological polar surface area (TPSA) is 64.6 Å². The van der Waals surface area contributed by atoms with Crippen LogP contribution in [0.4, 0.5) is 0 Å². The Morgan fingerprint density at radius 3 is 1.86 bits per heavy atom. The van der Waals surface area contributed by atoms with Crippen molar-refractivity contribution < 1.29 is 18.4 Å². The lowest BCUT2D eigenvalue weighted by Gasteiger charge is -2.31. The summed E-state index contributed by atoms with van der Waals surface area (Å²) in [6, 6.07) is 16.5. The molecule has 1 aliphatic rings. The molecule has 0 aromatic heterocycles. The molecule has 1 amide bonds. The van der Waals surface area contributed by atoms with Gasteiger partial charge in [-0.05, 0) is 54.4 Å². The summed E-state index contributed by atoms with van der Waals surface area (Å²) in [4.78, 5) is 13.8. The minimum atomic E-state index is -3.14. The van der Waals surface area contributed by atoms with Gasteiger partial charge in [-0.2, -0.15) is 0 Å². The van der Waals surface area contributed by atoms with Gasteiger partial charge in [0.05, 0.1) is 19.4 Å². The van der Waals surface area contributed by atoms with E-state index in [-0.39, 0.29) is 5.91 Å². The summed E-state index contributed by atoms with van der Waals surface area (Å²) >= 11 is 0. The third-order valence-corrected chi connectivity index (χ3v) is 8.81. The van der Waals surface area contributed by atoms with Crippen molar-refractivity contribution in [1.82, 2.24) is 5.32 Å².